The molecule has 0 saturated carbocycles. The number of nitrogens with zero attached hydrogens (tertiary/aromatic N) is 1. The Morgan fingerprint density at radius 2 is 1.75 bits per heavy atom. The van der Waals surface area contributed by atoms with Crippen molar-refractivity contribution < 1.29 is 16.8 Å². The summed E-state index contributed by atoms with van der Waals surface area (Å²) in [6.07, 6.45) is 0. The number of imidazole rings is 1. The monoisotopic (exact) mass is 483 g/mol. The summed E-state index contributed by atoms with van der Waals surface area (Å²) in [6.45, 7) is 1.10. The molecule has 0 spiro atoms. The smallest absolute Gasteiger partial charge is 0.240 e. The van der Waals surface area contributed by atoms with E-state index < -0.39 is 40.7 Å². The van der Waals surface area contributed by atoms with Gasteiger partial charge in [-0.3, -0.25) is 17.1 Å². The first-order chi connectivity index (χ1) is 14.9. The third-order valence-corrected chi connectivity index (χ3v) is 7.99. The van der Waals surface area contributed by atoms with Crippen LogP contribution in [0, 0.1) is 5.41 Å². The third kappa shape index (κ3) is 4.43. The number of hydrazine groups is 1. The highest BCUT2D eigenvalue weighted by atomic mass is 32.2. The maximum absolute atomic E-state index is 12.9. The van der Waals surface area contributed by atoms with E-state index in [4.69, 9.17) is 27.7 Å². The third-order valence-electron chi connectivity index (χ3n) is 4.66. The average molecular weight is 484 g/mol. The van der Waals surface area contributed by atoms with Crippen LogP contribution in [0.4, 0.5) is 5.95 Å². The number of fused-ring (bicyclic) bond motifs is 1. The van der Waals surface area contributed by atoms with E-state index in [1.54, 1.807) is 18.2 Å². The highest BCUT2D eigenvalue weighted by molar-refractivity contribution is 7.94. The number of sulfonamides is 1. The van der Waals surface area contributed by atoms with E-state index in [1.807, 2.05) is 0 Å². The second-order valence-corrected chi connectivity index (χ2v) is 10.5. The van der Waals surface area contributed by atoms with Crippen molar-refractivity contribution in [1.29, 1.82) is 5.41 Å². The zero-order chi connectivity index (χ0) is 24.4. The van der Waals surface area contributed by atoms with Crippen LogP contribution in [0.1, 0.15) is 12.5 Å². The number of hydrogen-bond acceptors (Lipinski definition) is 10. The molecule has 14 N–H and O–H groups in total. The van der Waals surface area contributed by atoms with Crippen molar-refractivity contribution in [3.63, 3.8) is 0 Å². The minimum absolute atomic E-state index is 0.129. The Labute approximate surface area is 184 Å². The average Bonchev–Trinajstić information content (AvgIpc) is 3.12. The highest BCUT2D eigenvalue weighted by Gasteiger charge is 2.33. The van der Waals surface area contributed by atoms with E-state index in [0.29, 0.717) is 16.6 Å². The lowest BCUT2D eigenvalue weighted by atomic mass is 9.97. The van der Waals surface area contributed by atoms with E-state index in [0.717, 1.165) is 6.07 Å². The topological polar surface area (TPSA) is 277 Å². The lowest BCUT2D eigenvalue weighted by molar-refractivity contribution is 0.575. The van der Waals surface area contributed by atoms with E-state index in [2.05, 4.69) is 21.7 Å². The molecule has 15 heteroatoms. The fourth-order valence-electron chi connectivity index (χ4n) is 3.17. The van der Waals surface area contributed by atoms with Gasteiger partial charge in [0, 0.05) is 17.7 Å². The van der Waals surface area contributed by atoms with Crippen LogP contribution in [0.25, 0.3) is 22.2 Å². The van der Waals surface area contributed by atoms with E-state index in [-0.39, 0.29) is 23.6 Å². The van der Waals surface area contributed by atoms with Crippen molar-refractivity contribution >= 4 is 42.7 Å². The Kier molecular flexibility index (Phi) is 7.23. The van der Waals surface area contributed by atoms with Crippen molar-refractivity contribution in [1.82, 2.24) is 9.97 Å². The fraction of sp³-hybridized carbons (Fsp3) is 0.176. The molecule has 1 aromatic heterocycles. The molecule has 2 aromatic carbocycles. The highest BCUT2D eigenvalue weighted by Crippen LogP contribution is 2.36. The van der Waals surface area contributed by atoms with Crippen LogP contribution in [-0.4, -0.2) is 44.4 Å². The molecule has 0 amide bonds. The second kappa shape index (κ2) is 9.19. The molecular weight excluding hydrogens is 458 g/mol. The number of para-hydroxylation sites is 1. The van der Waals surface area contributed by atoms with Gasteiger partial charge in [0.25, 0.3) is 0 Å². The Balaban J connectivity index is 0.00000176. The van der Waals surface area contributed by atoms with Gasteiger partial charge in [0.05, 0.1) is 21.2 Å². The van der Waals surface area contributed by atoms with Gasteiger partial charge in [-0.15, -0.1) is 0 Å². The van der Waals surface area contributed by atoms with E-state index >= 15 is 0 Å². The molecule has 32 heavy (non-hydrogen) atoms. The lowest BCUT2D eigenvalue weighted by Crippen LogP contribution is -2.30. The molecule has 0 aliphatic heterocycles. The number of amidine groups is 1. The standard InChI is InChI=1S/C17H21N7O4S2.H4N2/c1-8(7-18)29(25,26)12-6-5-9(13(16(19)20)15(12)30(22,27)28)10-3-2-4-11-14(10)24-17(21)23-11;1-2/h2-6,8H,7,18H2,1H3,(H3,19,20)(H3,21,23,24)(H2,22,27,28);1-2H2. The predicted molar refractivity (Wildman–Crippen MR) is 122 cm³/mol. The number of sulfone groups is 1. The summed E-state index contributed by atoms with van der Waals surface area (Å²) in [4.78, 5) is 5.72. The summed E-state index contributed by atoms with van der Waals surface area (Å²) < 4.78 is 50.8. The summed E-state index contributed by atoms with van der Waals surface area (Å²) in [5, 5.41) is 12.3. The van der Waals surface area contributed by atoms with Gasteiger partial charge in [-0.2, -0.15) is 0 Å². The molecule has 1 unspecified atom stereocenters. The summed E-state index contributed by atoms with van der Waals surface area (Å²) >= 11 is 0. The normalized spacial score (nSPS) is 12.8. The molecule has 0 bridgehead atoms. The summed E-state index contributed by atoms with van der Waals surface area (Å²) in [7, 11) is -8.78. The molecule has 3 rings (SSSR count). The molecular formula is C17H25N9O4S2. The van der Waals surface area contributed by atoms with Gasteiger partial charge in [0.15, 0.2) is 15.8 Å². The van der Waals surface area contributed by atoms with E-state index in [9.17, 15) is 16.8 Å². The molecule has 174 valence electrons. The van der Waals surface area contributed by atoms with Gasteiger partial charge in [0.1, 0.15) is 10.7 Å². The van der Waals surface area contributed by atoms with Crippen LogP contribution in [0.3, 0.4) is 0 Å². The van der Waals surface area contributed by atoms with Crippen LogP contribution in [0.15, 0.2) is 40.1 Å². The number of rotatable bonds is 6. The van der Waals surface area contributed by atoms with Crippen LogP contribution in [-0.2, 0) is 19.9 Å². The fourth-order valence-corrected chi connectivity index (χ4v) is 6.03. The number of H-pyrrole nitrogens is 1. The number of aromatic amines is 1. The van der Waals surface area contributed by atoms with Gasteiger partial charge < -0.3 is 22.2 Å². The molecule has 0 fully saturated rings. The number of benzene rings is 2. The zero-order valence-corrected chi connectivity index (χ0v) is 18.7. The van der Waals surface area contributed by atoms with Gasteiger partial charge in [-0.1, -0.05) is 18.2 Å². The molecule has 0 saturated heterocycles. The Morgan fingerprint density at radius 3 is 2.28 bits per heavy atom. The van der Waals surface area contributed by atoms with Crippen LogP contribution >= 0.6 is 0 Å². The van der Waals surface area contributed by atoms with Crippen molar-refractivity contribution in [3.8, 4) is 11.1 Å². The zero-order valence-electron chi connectivity index (χ0n) is 17.0. The number of aromatic nitrogens is 2. The van der Waals surface area contributed by atoms with Crippen molar-refractivity contribution in [2.45, 2.75) is 22.0 Å². The maximum Gasteiger partial charge on any atom is 0.240 e. The Bertz CT molecular complexity index is 1380. The van der Waals surface area contributed by atoms with E-state index in [1.165, 1.54) is 13.0 Å². The Hall–Kier alpha value is -3.08. The largest absolute Gasteiger partial charge is 0.384 e. The first-order valence-electron chi connectivity index (χ1n) is 8.95. The van der Waals surface area contributed by atoms with Crippen LogP contribution in [0.5, 0.6) is 0 Å². The molecule has 1 heterocycles. The maximum atomic E-state index is 12.9. The Morgan fingerprint density at radius 1 is 1.12 bits per heavy atom. The number of nitrogens with two attached hydrogens (primary N) is 6. The number of primary sulfonamides is 1. The molecule has 1 atom stereocenters. The van der Waals surface area contributed by atoms with Gasteiger partial charge >= 0.3 is 0 Å². The summed E-state index contributed by atoms with van der Waals surface area (Å²) in [6, 6.07) is 7.47. The molecule has 13 nitrogen and oxygen atoms in total. The summed E-state index contributed by atoms with van der Waals surface area (Å²) in [5.41, 5.74) is 18.1. The predicted octanol–water partition coefficient (Wildman–Crippen LogP) is -1.32. The lowest BCUT2D eigenvalue weighted by Gasteiger charge is -2.19. The number of nitrogens with one attached hydrogen (secondary N) is 2. The van der Waals surface area contributed by atoms with Crippen molar-refractivity contribution in [3.05, 3.63) is 35.9 Å². The first kappa shape index (κ1) is 25.2. The van der Waals surface area contributed by atoms with Gasteiger partial charge in [-0.25, -0.2) is 27.0 Å². The van der Waals surface area contributed by atoms with Gasteiger partial charge in [-0.05, 0) is 24.6 Å². The number of anilines is 1. The molecule has 0 radical (unpaired) electrons. The SMILES string of the molecule is CC(CN)S(=O)(=O)c1ccc(-c2cccc3[nH]c(N)nc23)c(C(=N)N)c1S(N)(=O)=O.NN. The van der Waals surface area contributed by atoms with Crippen molar-refractivity contribution in [2.24, 2.45) is 28.3 Å². The van der Waals surface area contributed by atoms with Crippen molar-refractivity contribution in [2.75, 3.05) is 12.3 Å². The minimum atomic E-state index is -4.61. The second-order valence-electron chi connectivity index (χ2n) is 6.69. The molecule has 0 aliphatic rings. The van der Waals surface area contributed by atoms with Gasteiger partial charge in [0.2, 0.25) is 10.0 Å². The summed E-state index contributed by atoms with van der Waals surface area (Å²) in [5.74, 6) is 7.46. The number of nitrogen functional groups attached to an aromatic ring is 2. The molecule has 0 aliphatic carbocycles. The minimum Gasteiger partial charge on any atom is -0.384 e. The quantitative estimate of drug-likeness (QED) is 0.0885. The van der Waals surface area contributed by atoms with Crippen LogP contribution < -0.4 is 34.0 Å². The number of hydrogen-bond donors (Lipinski definition) is 8. The van der Waals surface area contributed by atoms with Crippen LogP contribution in [0.2, 0.25) is 0 Å². The first-order valence-corrected chi connectivity index (χ1v) is 12.0. The molecule has 3 aromatic rings.